The maximum Gasteiger partial charge on any atom is 0.220 e. The van der Waals surface area contributed by atoms with Crippen molar-refractivity contribution in [3.63, 3.8) is 0 Å². The van der Waals surface area contributed by atoms with Crippen LogP contribution in [-0.4, -0.2) is 11.9 Å². The fourth-order valence-corrected chi connectivity index (χ4v) is 2.19. The lowest BCUT2D eigenvalue weighted by molar-refractivity contribution is -0.121. The lowest BCUT2D eigenvalue weighted by Gasteiger charge is -2.11. The van der Waals surface area contributed by atoms with Gasteiger partial charge in [-0.15, -0.1) is 0 Å². The minimum Gasteiger partial charge on any atom is -0.353 e. The summed E-state index contributed by atoms with van der Waals surface area (Å²) < 4.78 is 0. The molecule has 0 aromatic heterocycles. The molecule has 0 atom stereocenters. The second-order valence-corrected chi connectivity index (χ2v) is 4.19. The van der Waals surface area contributed by atoms with E-state index in [1.165, 1.54) is 11.1 Å². The van der Waals surface area contributed by atoms with Crippen LogP contribution in [0.4, 0.5) is 0 Å². The van der Waals surface area contributed by atoms with Gasteiger partial charge in [-0.2, -0.15) is 0 Å². The highest BCUT2D eigenvalue weighted by Gasteiger charge is 2.21. The zero-order valence-electron chi connectivity index (χ0n) is 9.12. The monoisotopic (exact) mass is 203 g/mol. The van der Waals surface area contributed by atoms with E-state index in [0.717, 1.165) is 19.3 Å². The summed E-state index contributed by atoms with van der Waals surface area (Å²) in [6.45, 7) is 2.03. The first-order valence-corrected chi connectivity index (χ1v) is 5.65. The number of hydrogen-bond donors (Lipinski definition) is 1. The van der Waals surface area contributed by atoms with Crippen LogP contribution in [0.1, 0.15) is 30.9 Å². The number of nitrogens with one attached hydrogen (secondary N) is 1. The number of benzene rings is 1. The first-order valence-electron chi connectivity index (χ1n) is 5.65. The molecule has 0 radical (unpaired) electrons. The molecule has 1 aromatic rings. The van der Waals surface area contributed by atoms with Crippen molar-refractivity contribution in [1.29, 1.82) is 0 Å². The van der Waals surface area contributed by atoms with E-state index in [2.05, 4.69) is 29.6 Å². The van der Waals surface area contributed by atoms with Gasteiger partial charge in [-0.25, -0.2) is 0 Å². The van der Waals surface area contributed by atoms with E-state index in [9.17, 15) is 4.79 Å². The molecule has 15 heavy (non-hydrogen) atoms. The largest absolute Gasteiger partial charge is 0.353 e. The van der Waals surface area contributed by atoms with Crippen molar-refractivity contribution >= 4 is 5.91 Å². The van der Waals surface area contributed by atoms with Crippen molar-refractivity contribution < 1.29 is 4.79 Å². The molecular formula is C13H17NO. The molecule has 80 valence electrons. The summed E-state index contributed by atoms with van der Waals surface area (Å²) in [5, 5.41) is 3.09. The van der Waals surface area contributed by atoms with Crippen LogP contribution >= 0.6 is 0 Å². The fourth-order valence-electron chi connectivity index (χ4n) is 2.19. The SMILES string of the molecule is CCCC(=O)NC1Cc2ccccc2C1. The molecule has 0 aliphatic heterocycles. The van der Waals surface area contributed by atoms with Gasteiger partial charge in [-0.1, -0.05) is 31.2 Å². The summed E-state index contributed by atoms with van der Waals surface area (Å²) in [5.74, 6) is 0.190. The Morgan fingerprint density at radius 3 is 2.47 bits per heavy atom. The lowest BCUT2D eigenvalue weighted by Crippen LogP contribution is -2.34. The van der Waals surface area contributed by atoms with Gasteiger partial charge in [0.1, 0.15) is 0 Å². The van der Waals surface area contributed by atoms with Crippen molar-refractivity contribution in [2.45, 2.75) is 38.6 Å². The predicted octanol–water partition coefficient (Wildman–Crippen LogP) is 2.07. The van der Waals surface area contributed by atoms with Crippen molar-refractivity contribution in [3.8, 4) is 0 Å². The van der Waals surface area contributed by atoms with Crippen molar-refractivity contribution in [3.05, 3.63) is 35.4 Å². The number of carbonyl (C=O) groups excluding carboxylic acids is 1. The van der Waals surface area contributed by atoms with Crippen LogP contribution in [0.2, 0.25) is 0 Å². The molecule has 2 heteroatoms. The van der Waals surface area contributed by atoms with Gasteiger partial charge in [0.05, 0.1) is 0 Å². The summed E-state index contributed by atoms with van der Waals surface area (Å²) in [7, 11) is 0. The van der Waals surface area contributed by atoms with Gasteiger partial charge in [0.15, 0.2) is 0 Å². The minimum atomic E-state index is 0.190. The minimum absolute atomic E-state index is 0.190. The zero-order chi connectivity index (χ0) is 10.7. The van der Waals surface area contributed by atoms with Gasteiger partial charge >= 0.3 is 0 Å². The first kappa shape index (κ1) is 10.2. The summed E-state index contributed by atoms with van der Waals surface area (Å²) in [6.07, 6.45) is 3.55. The Kier molecular flexibility index (Phi) is 3.05. The third kappa shape index (κ3) is 2.38. The van der Waals surface area contributed by atoms with Gasteiger partial charge in [-0.3, -0.25) is 4.79 Å². The highest BCUT2D eigenvalue weighted by molar-refractivity contribution is 5.76. The Morgan fingerprint density at radius 1 is 1.33 bits per heavy atom. The molecule has 1 N–H and O–H groups in total. The highest BCUT2D eigenvalue weighted by Crippen LogP contribution is 2.21. The molecule has 0 saturated carbocycles. The van der Waals surface area contributed by atoms with Crippen LogP contribution in [0.25, 0.3) is 0 Å². The van der Waals surface area contributed by atoms with E-state index in [1.807, 2.05) is 6.92 Å². The van der Waals surface area contributed by atoms with Gasteiger partial charge in [0.25, 0.3) is 0 Å². The summed E-state index contributed by atoms with van der Waals surface area (Å²) >= 11 is 0. The van der Waals surface area contributed by atoms with E-state index >= 15 is 0 Å². The Labute approximate surface area is 90.7 Å². The topological polar surface area (TPSA) is 29.1 Å². The molecule has 1 amide bonds. The third-order valence-corrected chi connectivity index (χ3v) is 2.89. The zero-order valence-corrected chi connectivity index (χ0v) is 9.12. The number of amides is 1. The highest BCUT2D eigenvalue weighted by atomic mass is 16.1. The van der Waals surface area contributed by atoms with Crippen molar-refractivity contribution in [2.75, 3.05) is 0 Å². The Hall–Kier alpha value is -1.31. The Balaban J connectivity index is 1.93. The molecule has 1 aliphatic rings. The van der Waals surface area contributed by atoms with Crippen molar-refractivity contribution in [2.24, 2.45) is 0 Å². The van der Waals surface area contributed by atoms with Crippen LogP contribution in [-0.2, 0) is 17.6 Å². The summed E-state index contributed by atoms with van der Waals surface area (Å²) in [4.78, 5) is 11.4. The molecule has 0 unspecified atom stereocenters. The molecular weight excluding hydrogens is 186 g/mol. The maximum absolute atomic E-state index is 11.4. The van der Waals surface area contributed by atoms with E-state index in [-0.39, 0.29) is 5.91 Å². The van der Waals surface area contributed by atoms with E-state index < -0.39 is 0 Å². The summed E-state index contributed by atoms with van der Waals surface area (Å²) in [6, 6.07) is 8.76. The standard InChI is InChI=1S/C13H17NO/c1-2-5-13(15)14-12-8-10-6-3-4-7-11(10)9-12/h3-4,6-7,12H,2,5,8-9H2,1H3,(H,14,15). The van der Waals surface area contributed by atoms with Crippen LogP contribution < -0.4 is 5.32 Å². The van der Waals surface area contributed by atoms with Crippen LogP contribution in [0.15, 0.2) is 24.3 Å². The molecule has 0 fully saturated rings. The molecule has 1 aromatic carbocycles. The van der Waals surface area contributed by atoms with Gasteiger partial charge in [0, 0.05) is 12.5 Å². The van der Waals surface area contributed by atoms with E-state index in [0.29, 0.717) is 12.5 Å². The number of fused-ring (bicyclic) bond motifs is 1. The molecule has 0 heterocycles. The normalized spacial score (nSPS) is 15.0. The predicted molar refractivity (Wildman–Crippen MR) is 60.7 cm³/mol. The molecule has 2 nitrogen and oxygen atoms in total. The molecule has 2 rings (SSSR count). The van der Waals surface area contributed by atoms with Crippen LogP contribution in [0.3, 0.4) is 0 Å². The molecule has 0 spiro atoms. The average molecular weight is 203 g/mol. The van der Waals surface area contributed by atoms with Crippen molar-refractivity contribution in [1.82, 2.24) is 5.32 Å². The lowest BCUT2D eigenvalue weighted by atomic mass is 10.1. The molecule has 1 aliphatic carbocycles. The number of carbonyl (C=O) groups is 1. The second kappa shape index (κ2) is 4.47. The quantitative estimate of drug-likeness (QED) is 0.800. The van der Waals surface area contributed by atoms with E-state index in [4.69, 9.17) is 0 Å². The number of hydrogen-bond acceptors (Lipinski definition) is 1. The average Bonchev–Trinajstić information content (AvgIpc) is 2.59. The second-order valence-electron chi connectivity index (χ2n) is 4.19. The van der Waals surface area contributed by atoms with Gasteiger partial charge < -0.3 is 5.32 Å². The molecule has 0 saturated heterocycles. The smallest absolute Gasteiger partial charge is 0.220 e. The molecule has 0 bridgehead atoms. The first-order chi connectivity index (χ1) is 7.29. The van der Waals surface area contributed by atoms with Crippen LogP contribution in [0, 0.1) is 0 Å². The van der Waals surface area contributed by atoms with E-state index in [1.54, 1.807) is 0 Å². The maximum atomic E-state index is 11.4. The Morgan fingerprint density at radius 2 is 1.93 bits per heavy atom. The van der Waals surface area contributed by atoms with Gasteiger partial charge in [0.2, 0.25) is 5.91 Å². The van der Waals surface area contributed by atoms with Crippen LogP contribution in [0.5, 0.6) is 0 Å². The fraction of sp³-hybridized carbons (Fsp3) is 0.462. The van der Waals surface area contributed by atoms with Gasteiger partial charge in [-0.05, 0) is 30.4 Å². The number of rotatable bonds is 3. The third-order valence-electron chi connectivity index (χ3n) is 2.89. The Bertz CT molecular complexity index is 334. The summed E-state index contributed by atoms with van der Waals surface area (Å²) in [5.41, 5.74) is 2.78.